The van der Waals surface area contributed by atoms with E-state index in [1.807, 2.05) is 27.7 Å². The van der Waals surface area contributed by atoms with Gasteiger partial charge in [-0.05, 0) is 54.4 Å². The number of carbonyl (C=O) groups is 1. The van der Waals surface area contributed by atoms with Gasteiger partial charge in [0.25, 0.3) is 0 Å². The monoisotopic (exact) mass is 260 g/mol. The normalized spacial score (nSPS) is 13.7. The van der Waals surface area contributed by atoms with Crippen LogP contribution in [0.25, 0.3) is 0 Å². The minimum atomic E-state index is -0.795. The molecule has 0 aromatic carbocycles. The van der Waals surface area contributed by atoms with Crippen molar-refractivity contribution in [3.8, 4) is 0 Å². The molecule has 0 bridgehead atoms. The highest BCUT2D eigenvalue weighted by Crippen LogP contribution is 2.31. The fourth-order valence-electron chi connectivity index (χ4n) is 1.87. The average Bonchev–Trinajstić information content (AvgIpc) is 2.15. The molecule has 108 valence electrons. The van der Waals surface area contributed by atoms with Gasteiger partial charge in [-0.25, -0.2) is 0 Å². The summed E-state index contributed by atoms with van der Waals surface area (Å²) in [4.78, 5) is 11.1. The first kappa shape index (κ1) is 17.4. The molecule has 0 radical (unpaired) electrons. The van der Waals surface area contributed by atoms with Crippen molar-refractivity contribution < 1.29 is 19.4 Å². The lowest BCUT2D eigenvalue weighted by atomic mass is 9.82. The molecule has 0 saturated heterocycles. The zero-order valence-electron chi connectivity index (χ0n) is 12.8. The first-order valence-electron chi connectivity index (χ1n) is 6.34. The summed E-state index contributed by atoms with van der Waals surface area (Å²) in [6, 6.07) is 0. The SMILES string of the molecule is COC(C)(C)CCOC(C)(C)CC(C)(C)C(=O)O. The molecule has 0 heterocycles. The fourth-order valence-corrected chi connectivity index (χ4v) is 1.87. The molecule has 0 aliphatic heterocycles. The summed E-state index contributed by atoms with van der Waals surface area (Å²) in [6.07, 6.45) is 1.25. The quantitative estimate of drug-likeness (QED) is 0.728. The van der Waals surface area contributed by atoms with Crippen LogP contribution in [0.3, 0.4) is 0 Å². The predicted molar refractivity (Wildman–Crippen MR) is 71.8 cm³/mol. The average molecular weight is 260 g/mol. The maximum atomic E-state index is 11.1. The molecule has 0 fully saturated rings. The standard InChI is InChI=1S/C14H28O4/c1-12(2,11(15)16)10-14(5,6)18-9-8-13(3,4)17-7/h8-10H2,1-7H3,(H,15,16). The topological polar surface area (TPSA) is 55.8 Å². The second kappa shape index (κ2) is 6.02. The molecule has 0 aliphatic rings. The summed E-state index contributed by atoms with van der Waals surface area (Å²) in [5, 5.41) is 9.12. The lowest BCUT2D eigenvalue weighted by Crippen LogP contribution is -2.37. The highest BCUT2D eigenvalue weighted by molar-refractivity contribution is 5.73. The predicted octanol–water partition coefficient (Wildman–Crippen LogP) is 3.10. The van der Waals surface area contributed by atoms with Gasteiger partial charge < -0.3 is 14.6 Å². The van der Waals surface area contributed by atoms with Crippen LogP contribution < -0.4 is 0 Å². The number of carboxylic acid groups (broad SMARTS) is 1. The third-order valence-corrected chi connectivity index (χ3v) is 3.20. The molecule has 0 spiro atoms. The molecule has 4 nitrogen and oxygen atoms in total. The summed E-state index contributed by atoms with van der Waals surface area (Å²) in [6.45, 7) is 11.9. The van der Waals surface area contributed by atoms with Crippen molar-refractivity contribution >= 4 is 5.97 Å². The molecule has 0 aromatic rings. The summed E-state index contributed by atoms with van der Waals surface area (Å²) in [5.74, 6) is -0.795. The molecule has 0 rings (SSSR count). The van der Waals surface area contributed by atoms with Crippen LogP contribution in [0, 0.1) is 5.41 Å². The smallest absolute Gasteiger partial charge is 0.309 e. The second-order valence-electron chi connectivity index (χ2n) is 6.69. The Morgan fingerprint density at radius 1 is 1.06 bits per heavy atom. The molecule has 1 N–H and O–H groups in total. The molecule has 0 amide bonds. The van der Waals surface area contributed by atoms with Crippen molar-refractivity contribution in [3.05, 3.63) is 0 Å². The van der Waals surface area contributed by atoms with Gasteiger partial charge in [0.15, 0.2) is 0 Å². The van der Waals surface area contributed by atoms with E-state index in [0.717, 1.165) is 6.42 Å². The van der Waals surface area contributed by atoms with Crippen LogP contribution in [-0.4, -0.2) is 36.0 Å². The fraction of sp³-hybridized carbons (Fsp3) is 0.929. The Bertz CT molecular complexity index is 280. The Morgan fingerprint density at radius 3 is 1.94 bits per heavy atom. The maximum Gasteiger partial charge on any atom is 0.309 e. The Labute approximate surface area is 111 Å². The Hall–Kier alpha value is -0.610. The van der Waals surface area contributed by atoms with Crippen molar-refractivity contribution in [2.24, 2.45) is 5.41 Å². The number of hydrogen-bond acceptors (Lipinski definition) is 3. The van der Waals surface area contributed by atoms with Gasteiger partial charge in [-0.15, -0.1) is 0 Å². The van der Waals surface area contributed by atoms with Crippen LogP contribution in [0.15, 0.2) is 0 Å². The van der Waals surface area contributed by atoms with Crippen LogP contribution in [0.5, 0.6) is 0 Å². The molecule has 0 aromatic heterocycles. The number of rotatable bonds is 8. The molecule has 0 atom stereocenters. The van der Waals surface area contributed by atoms with E-state index in [1.54, 1.807) is 21.0 Å². The van der Waals surface area contributed by atoms with Crippen LogP contribution in [0.2, 0.25) is 0 Å². The van der Waals surface area contributed by atoms with E-state index >= 15 is 0 Å². The van der Waals surface area contributed by atoms with Crippen molar-refractivity contribution in [3.63, 3.8) is 0 Å². The zero-order chi connectivity index (χ0) is 14.6. The van der Waals surface area contributed by atoms with E-state index in [0.29, 0.717) is 13.0 Å². The minimum Gasteiger partial charge on any atom is -0.481 e. The van der Waals surface area contributed by atoms with E-state index in [9.17, 15) is 4.79 Å². The summed E-state index contributed by atoms with van der Waals surface area (Å²) < 4.78 is 11.1. The van der Waals surface area contributed by atoms with Crippen LogP contribution in [0.1, 0.15) is 54.4 Å². The second-order valence-corrected chi connectivity index (χ2v) is 6.69. The van der Waals surface area contributed by atoms with Crippen LogP contribution in [-0.2, 0) is 14.3 Å². The first-order chi connectivity index (χ1) is 7.92. The van der Waals surface area contributed by atoms with Crippen molar-refractivity contribution in [2.45, 2.75) is 65.6 Å². The number of aliphatic carboxylic acids is 1. The number of ether oxygens (including phenoxy) is 2. The highest BCUT2D eigenvalue weighted by Gasteiger charge is 2.35. The third-order valence-electron chi connectivity index (χ3n) is 3.20. The number of hydrogen-bond donors (Lipinski definition) is 1. The lowest BCUT2D eigenvalue weighted by Gasteiger charge is -2.33. The van der Waals surface area contributed by atoms with Gasteiger partial charge in [0.2, 0.25) is 0 Å². The molecular weight excluding hydrogens is 232 g/mol. The maximum absolute atomic E-state index is 11.1. The van der Waals surface area contributed by atoms with Gasteiger partial charge in [-0.1, -0.05) is 0 Å². The van der Waals surface area contributed by atoms with Gasteiger partial charge in [0.1, 0.15) is 0 Å². The molecule has 0 unspecified atom stereocenters. The van der Waals surface area contributed by atoms with Crippen molar-refractivity contribution in [2.75, 3.05) is 13.7 Å². The molecular formula is C14H28O4. The van der Waals surface area contributed by atoms with E-state index < -0.39 is 17.0 Å². The van der Waals surface area contributed by atoms with E-state index in [4.69, 9.17) is 14.6 Å². The Balaban J connectivity index is 4.29. The largest absolute Gasteiger partial charge is 0.481 e. The zero-order valence-corrected chi connectivity index (χ0v) is 12.8. The van der Waals surface area contributed by atoms with Crippen molar-refractivity contribution in [1.82, 2.24) is 0 Å². The minimum absolute atomic E-state index is 0.210. The molecule has 18 heavy (non-hydrogen) atoms. The molecule has 0 aliphatic carbocycles. The number of carboxylic acids is 1. The van der Waals surface area contributed by atoms with Crippen LogP contribution in [0.4, 0.5) is 0 Å². The highest BCUT2D eigenvalue weighted by atomic mass is 16.5. The van der Waals surface area contributed by atoms with E-state index in [1.165, 1.54) is 0 Å². The van der Waals surface area contributed by atoms with Crippen molar-refractivity contribution in [1.29, 1.82) is 0 Å². The van der Waals surface area contributed by atoms with Gasteiger partial charge >= 0.3 is 5.97 Å². The van der Waals surface area contributed by atoms with Gasteiger partial charge in [0, 0.05) is 7.11 Å². The summed E-state index contributed by atoms with van der Waals surface area (Å²) in [5.41, 5.74) is -1.44. The first-order valence-corrected chi connectivity index (χ1v) is 6.34. The Morgan fingerprint density at radius 2 is 1.56 bits per heavy atom. The summed E-state index contributed by atoms with van der Waals surface area (Å²) in [7, 11) is 1.68. The summed E-state index contributed by atoms with van der Waals surface area (Å²) >= 11 is 0. The van der Waals surface area contributed by atoms with Gasteiger partial charge in [-0.3, -0.25) is 4.79 Å². The van der Waals surface area contributed by atoms with E-state index in [-0.39, 0.29) is 5.60 Å². The van der Waals surface area contributed by atoms with Gasteiger partial charge in [-0.2, -0.15) is 0 Å². The number of methoxy groups -OCH3 is 1. The molecule has 0 saturated carbocycles. The lowest BCUT2D eigenvalue weighted by molar-refractivity contribution is -0.152. The third kappa shape index (κ3) is 6.36. The Kier molecular flexibility index (Phi) is 5.82. The van der Waals surface area contributed by atoms with Gasteiger partial charge in [0.05, 0.1) is 23.2 Å². The molecule has 4 heteroatoms. The van der Waals surface area contributed by atoms with Crippen LogP contribution >= 0.6 is 0 Å². The van der Waals surface area contributed by atoms with E-state index in [2.05, 4.69) is 0 Å².